The number of carbonyl (C=O) groups is 1. The van der Waals surface area contributed by atoms with Crippen molar-refractivity contribution in [3.05, 3.63) is 18.7 Å². The molecule has 0 aliphatic heterocycles. The first-order chi connectivity index (χ1) is 7.74. The number of rotatable bonds is 7. The van der Waals surface area contributed by atoms with Gasteiger partial charge in [-0.15, -0.1) is 0 Å². The zero-order valence-electron chi connectivity index (χ0n) is 9.94. The van der Waals surface area contributed by atoms with E-state index in [1.165, 1.54) is 0 Å². The highest BCUT2D eigenvalue weighted by atomic mass is 16.2. The van der Waals surface area contributed by atoms with Crippen LogP contribution in [-0.4, -0.2) is 34.6 Å². The molecule has 1 amide bonds. The topological polar surface area (TPSA) is 59.0 Å². The van der Waals surface area contributed by atoms with Crippen LogP contribution in [0.25, 0.3) is 0 Å². The van der Waals surface area contributed by atoms with Crippen molar-refractivity contribution in [1.82, 2.24) is 20.2 Å². The molecule has 1 atom stereocenters. The van der Waals surface area contributed by atoms with E-state index in [1.807, 2.05) is 24.6 Å². The Morgan fingerprint density at radius 2 is 2.31 bits per heavy atom. The maximum Gasteiger partial charge on any atom is 0.236 e. The van der Waals surface area contributed by atoms with Gasteiger partial charge in [0.25, 0.3) is 0 Å². The molecular weight excluding hydrogens is 204 g/mol. The molecule has 0 radical (unpaired) electrons. The summed E-state index contributed by atoms with van der Waals surface area (Å²) in [7, 11) is 0. The van der Waals surface area contributed by atoms with Crippen molar-refractivity contribution in [2.45, 2.75) is 32.9 Å². The smallest absolute Gasteiger partial charge is 0.236 e. The molecule has 1 rings (SSSR count). The van der Waals surface area contributed by atoms with Gasteiger partial charge in [0.05, 0.1) is 12.4 Å². The first-order valence-electron chi connectivity index (χ1n) is 5.71. The molecular formula is C11H20N4O. The van der Waals surface area contributed by atoms with Gasteiger partial charge in [-0.25, -0.2) is 4.98 Å². The van der Waals surface area contributed by atoms with E-state index in [0.717, 1.165) is 26.1 Å². The third-order valence-corrected chi connectivity index (χ3v) is 2.32. The zero-order valence-corrected chi connectivity index (χ0v) is 9.94. The van der Waals surface area contributed by atoms with Gasteiger partial charge in [-0.1, -0.05) is 6.92 Å². The predicted molar refractivity (Wildman–Crippen MR) is 63.0 cm³/mol. The Bertz CT molecular complexity index is 297. The second-order valence-electron chi connectivity index (χ2n) is 3.77. The van der Waals surface area contributed by atoms with Gasteiger partial charge in [0, 0.05) is 32.0 Å². The molecule has 5 heteroatoms. The standard InChI is InChI=1S/C11H20N4O/c1-3-4-14-11(16)10(2)13-6-8-15-7-5-12-9-15/h5,7,9-10,13H,3-4,6,8H2,1-2H3,(H,14,16). The molecule has 1 aromatic rings. The van der Waals surface area contributed by atoms with Gasteiger partial charge in [0.2, 0.25) is 5.91 Å². The average Bonchev–Trinajstić information content (AvgIpc) is 2.78. The first kappa shape index (κ1) is 12.7. The highest BCUT2D eigenvalue weighted by Crippen LogP contribution is 1.86. The van der Waals surface area contributed by atoms with Crippen molar-refractivity contribution in [2.24, 2.45) is 0 Å². The Kier molecular flexibility index (Phi) is 5.56. The van der Waals surface area contributed by atoms with Crippen LogP contribution in [0.5, 0.6) is 0 Å². The van der Waals surface area contributed by atoms with Crippen molar-refractivity contribution >= 4 is 5.91 Å². The fourth-order valence-electron chi connectivity index (χ4n) is 1.32. The van der Waals surface area contributed by atoms with E-state index in [1.54, 1.807) is 12.5 Å². The number of imidazole rings is 1. The number of aromatic nitrogens is 2. The van der Waals surface area contributed by atoms with E-state index >= 15 is 0 Å². The second kappa shape index (κ2) is 7.00. The summed E-state index contributed by atoms with van der Waals surface area (Å²) < 4.78 is 1.98. The maximum atomic E-state index is 11.5. The van der Waals surface area contributed by atoms with E-state index < -0.39 is 0 Å². The SMILES string of the molecule is CCCNC(=O)C(C)NCCn1ccnc1. The third kappa shape index (κ3) is 4.44. The Morgan fingerprint density at radius 1 is 1.50 bits per heavy atom. The second-order valence-corrected chi connectivity index (χ2v) is 3.77. The number of hydrogen-bond donors (Lipinski definition) is 2. The van der Waals surface area contributed by atoms with Crippen LogP contribution in [0.2, 0.25) is 0 Å². The average molecular weight is 224 g/mol. The molecule has 16 heavy (non-hydrogen) atoms. The molecule has 0 saturated heterocycles. The van der Waals surface area contributed by atoms with Crippen LogP contribution in [0.15, 0.2) is 18.7 Å². The van der Waals surface area contributed by atoms with E-state index in [0.29, 0.717) is 0 Å². The van der Waals surface area contributed by atoms with E-state index in [4.69, 9.17) is 0 Å². The van der Waals surface area contributed by atoms with E-state index in [2.05, 4.69) is 15.6 Å². The normalized spacial score (nSPS) is 12.4. The van der Waals surface area contributed by atoms with Gasteiger partial charge in [-0.05, 0) is 13.3 Å². The third-order valence-electron chi connectivity index (χ3n) is 2.32. The van der Waals surface area contributed by atoms with Crippen LogP contribution < -0.4 is 10.6 Å². The minimum atomic E-state index is -0.143. The van der Waals surface area contributed by atoms with Crippen molar-refractivity contribution in [1.29, 1.82) is 0 Å². The van der Waals surface area contributed by atoms with Gasteiger partial charge in [0.1, 0.15) is 0 Å². The van der Waals surface area contributed by atoms with Gasteiger partial charge in [-0.2, -0.15) is 0 Å². The van der Waals surface area contributed by atoms with Gasteiger partial charge < -0.3 is 15.2 Å². The first-order valence-corrected chi connectivity index (χ1v) is 5.71. The zero-order chi connectivity index (χ0) is 11.8. The molecule has 0 saturated carbocycles. The van der Waals surface area contributed by atoms with Crippen LogP contribution in [0, 0.1) is 0 Å². The highest BCUT2D eigenvalue weighted by Gasteiger charge is 2.10. The van der Waals surface area contributed by atoms with Gasteiger partial charge in [0.15, 0.2) is 0 Å². The summed E-state index contributed by atoms with van der Waals surface area (Å²) >= 11 is 0. The van der Waals surface area contributed by atoms with Crippen molar-refractivity contribution < 1.29 is 4.79 Å². The monoisotopic (exact) mass is 224 g/mol. The van der Waals surface area contributed by atoms with Crippen molar-refractivity contribution in [3.63, 3.8) is 0 Å². The lowest BCUT2D eigenvalue weighted by Crippen LogP contribution is -2.43. The Hall–Kier alpha value is -1.36. The molecule has 1 heterocycles. The maximum absolute atomic E-state index is 11.5. The summed E-state index contributed by atoms with van der Waals surface area (Å²) in [6, 6.07) is -0.143. The minimum Gasteiger partial charge on any atom is -0.355 e. The van der Waals surface area contributed by atoms with Crippen LogP contribution in [-0.2, 0) is 11.3 Å². The lowest BCUT2D eigenvalue weighted by Gasteiger charge is -2.13. The fourth-order valence-corrected chi connectivity index (χ4v) is 1.32. The van der Waals surface area contributed by atoms with Gasteiger partial charge in [-0.3, -0.25) is 4.79 Å². The van der Waals surface area contributed by atoms with Crippen LogP contribution in [0.3, 0.4) is 0 Å². The summed E-state index contributed by atoms with van der Waals surface area (Å²) in [5, 5.41) is 6.02. The molecule has 1 unspecified atom stereocenters. The van der Waals surface area contributed by atoms with Crippen LogP contribution in [0.4, 0.5) is 0 Å². The number of amides is 1. The summed E-state index contributed by atoms with van der Waals surface area (Å²) in [6.07, 6.45) is 6.39. The molecule has 0 aromatic carbocycles. The van der Waals surface area contributed by atoms with E-state index in [9.17, 15) is 4.79 Å². The van der Waals surface area contributed by atoms with Crippen molar-refractivity contribution in [3.8, 4) is 0 Å². The number of hydrogen-bond acceptors (Lipinski definition) is 3. The molecule has 0 spiro atoms. The molecule has 0 bridgehead atoms. The molecule has 1 aromatic heterocycles. The largest absolute Gasteiger partial charge is 0.355 e. The van der Waals surface area contributed by atoms with Crippen molar-refractivity contribution in [2.75, 3.05) is 13.1 Å². The van der Waals surface area contributed by atoms with Crippen LogP contribution >= 0.6 is 0 Å². The molecule has 0 aliphatic rings. The van der Waals surface area contributed by atoms with E-state index in [-0.39, 0.29) is 11.9 Å². The fraction of sp³-hybridized carbons (Fsp3) is 0.636. The van der Waals surface area contributed by atoms with Gasteiger partial charge >= 0.3 is 0 Å². The lowest BCUT2D eigenvalue weighted by atomic mass is 10.3. The molecule has 5 nitrogen and oxygen atoms in total. The number of nitrogens with zero attached hydrogens (tertiary/aromatic N) is 2. The Balaban J connectivity index is 2.14. The summed E-state index contributed by atoms with van der Waals surface area (Å²) in [5.74, 6) is 0.0625. The molecule has 0 aliphatic carbocycles. The summed E-state index contributed by atoms with van der Waals surface area (Å²) in [6.45, 7) is 6.24. The Labute approximate surface area is 96.3 Å². The lowest BCUT2D eigenvalue weighted by molar-refractivity contribution is -0.122. The molecule has 0 fully saturated rings. The minimum absolute atomic E-state index is 0.0625. The summed E-state index contributed by atoms with van der Waals surface area (Å²) in [5.41, 5.74) is 0. The van der Waals surface area contributed by atoms with Crippen LogP contribution in [0.1, 0.15) is 20.3 Å². The highest BCUT2D eigenvalue weighted by molar-refractivity contribution is 5.81. The quantitative estimate of drug-likeness (QED) is 0.704. The predicted octanol–water partition coefficient (Wildman–Crippen LogP) is 0.387. The Morgan fingerprint density at radius 3 is 2.94 bits per heavy atom. The molecule has 90 valence electrons. The number of carbonyl (C=O) groups excluding carboxylic acids is 1. The number of nitrogens with one attached hydrogen (secondary N) is 2. The molecule has 2 N–H and O–H groups in total. The summed E-state index contributed by atoms with van der Waals surface area (Å²) in [4.78, 5) is 15.5.